The highest BCUT2D eigenvalue weighted by Crippen LogP contribution is 2.25. The minimum absolute atomic E-state index is 0.0210. The molecule has 120 valence electrons. The summed E-state index contributed by atoms with van der Waals surface area (Å²) < 4.78 is 2.07. The highest BCUT2D eigenvalue weighted by atomic mass is 15.6. The summed E-state index contributed by atoms with van der Waals surface area (Å²) in [7, 11) is 0. The summed E-state index contributed by atoms with van der Waals surface area (Å²) in [5.41, 5.74) is -0.0210. The Morgan fingerprint density at radius 2 is 2.10 bits per heavy atom. The van der Waals surface area contributed by atoms with Crippen molar-refractivity contribution < 1.29 is 4.90 Å². The van der Waals surface area contributed by atoms with Crippen LogP contribution in [0.3, 0.4) is 0 Å². The maximum Gasteiger partial charge on any atom is 0.210 e. The van der Waals surface area contributed by atoms with Gasteiger partial charge in [0.1, 0.15) is 0 Å². The van der Waals surface area contributed by atoms with Crippen LogP contribution in [0.1, 0.15) is 72.7 Å². The Balaban J connectivity index is 2.33. The van der Waals surface area contributed by atoms with Crippen LogP contribution in [0.2, 0.25) is 0 Å². The molecule has 0 saturated carbocycles. The van der Waals surface area contributed by atoms with Crippen molar-refractivity contribution in [1.82, 2.24) is 20.2 Å². The second kappa shape index (κ2) is 6.42. The molecule has 1 aliphatic rings. The minimum atomic E-state index is -0.0210. The topological polar surface area (TPSA) is 48.0 Å². The number of aromatic nitrogens is 4. The summed E-state index contributed by atoms with van der Waals surface area (Å²) in [5, 5.41) is 12.8. The number of tetrazole rings is 1. The van der Waals surface area contributed by atoms with Crippen molar-refractivity contribution in [3.8, 4) is 0 Å². The third-order valence-corrected chi connectivity index (χ3v) is 5.12. The summed E-state index contributed by atoms with van der Waals surface area (Å²) >= 11 is 0. The van der Waals surface area contributed by atoms with Crippen molar-refractivity contribution in [2.45, 2.75) is 72.4 Å². The molecule has 2 rings (SSSR count). The maximum absolute atomic E-state index is 4.43. The second-order valence-corrected chi connectivity index (χ2v) is 7.70. The van der Waals surface area contributed by atoms with Crippen molar-refractivity contribution in [2.24, 2.45) is 11.8 Å². The average Bonchev–Trinajstić information content (AvgIpc) is 2.88. The van der Waals surface area contributed by atoms with E-state index in [0.29, 0.717) is 12.0 Å². The number of nitrogens with zero attached hydrogens (tertiary/aromatic N) is 4. The van der Waals surface area contributed by atoms with E-state index < -0.39 is 0 Å². The first-order valence-electron chi connectivity index (χ1n) is 8.50. The Kier molecular flexibility index (Phi) is 5.02. The van der Waals surface area contributed by atoms with Gasteiger partial charge >= 0.3 is 0 Å². The molecule has 5 nitrogen and oxygen atoms in total. The molecule has 21 heavy (non-hydrogen) atoms. The van der Waals surface area contributed by atoms with E-state index in [1.54, 1.807) is 4.90 Å². The maximum atomic E-state index is 4.43. The third kappa shape index (κ3) is 3.44. The summed E-state index contributed by atoms with van der Waals surface area (Å²) in [4.78, 5) is 1.66. The van der Waals surface area contributed by atoms with Gasteiger partial charge in [-0.1, -0.05) is 27.7 Å². The molecule has 5 heteroatoms. The summed E-state index contributed by atoms with van der Waals surface area (Å²) in [6.45, 7) is 16.1. The average molecular weight is 294 g/mol. The number of likely N-dealkylation sites (tertiary alicyclic amines) is 1. The SMILES string of the molecule is CCC(C)(C)n1nnnc1[C@@H](C(C)C)[NH+]1CCC[C@H](C)C1. The molecule has 1 unspecified atom stereocenters. The Hall–Kier alpha value is -0.970. The van der Waals surface area contributed by atoms with E-state index in [0.717, 1.165) is 18.2 Å². The first kappa shape index (κ1) is 16.4. The van der Waals surface area contributed by atoms with Gasteiger partial charge in [0.2, 0.25) is 5.82 Å². The molecular weight excluding hydrogens is 262 g/mol. The van der Waals surface area contributed by atoms with E-state index in [1.165, 1.54) is 25.9 Å². The minimum Gasteiger partial charge on any atom is -0.326 e. The molecule has 2 heterocycles. The fourth-order valence-electron chi connectivity index (χ4n) is 3.53. The van der Waals surface area contributed by atoms with Gasteiger partial charge in [0, 0.05) is 11.8 Å². The Morgan fingerprint density at radius 1 is 1.38 bits per heavy atom. The first-order valence-corrected chi connectivity index (χ1v) is 8.50. The van der Waals surface area contributed by atoms with Crippen LogP contribution >= 0.6 is 0 Å². The van der Waals surface area contributed by atoms with E-state index in [1.807, 2.05) is 0 Å². The van der Waals surface area contributed by atoms with Crippen LogP contribution in [0.15, 0.2) is 0 Å². The van der Waals surface area contributed by atoms with Crippen LogP contribution in [0.25, 0.3) is 0 Å². The van der Waals surface area contributed by atoms with Crippen molar-refractivity contribution in [3.63, 3.8) is 0 Å². The molecule has 0 spiro atoms. The van der Waals surface area contributed by atoms with E-state index in [9.17, 15) is 0 Å². The highest BCUT2D eigenvalue weighted by molar-refractivity contribution is 4.94. The van der Waals surface area contributed by atoms with Crippen LogP contribution in [0.5, 0.6) is 0 Å². The first-order chi connectivity index (χ1) is 9.86. The summed E-state index contributed by atoms with van der Waals surface area (Å²) in [6, 6.07) is 0.397. The fourth-order valence-corrected chi connectivity index (χ4v) is 3.53. The van der Waals surface area contributed by atoms with E-state index >= 15 is 0 Å². The largest absolute Gasteiger partial charge is 0.326 e. The second-order valence-electron chi connectivity index (χ2n) is 7.70. The zero-order valence-electron chi connectivity index (χ0n) is 14.6. The lowest BCUT2D eigenvalue weighted by molar-refractivity contribution is -0.944. The van der Waals surface area contributed by atoms with Gasteiger partial charge in [0.15, 0.2) is 6.04 Å². The molecule has 1 aromatic heterocycles. The van der Waals surface area contributed by atoms with Gasteiger partial charge in [0.05, 0.1) is 18.6 Å². The van der Waals surface area contributed by atoms with Crippen LogP contribution in [-0.2, 0) is 5.54 Å². The van der Waals surface area contributed by atoms with Gasteiger partial charge in [-0.15, -0.1) is 5.10 Å². The predicted molar refractivity (Wildman–Crippen MR) is 84.1 cm³/mol. The van der Waals surface area contributed by atoms with Crippen LogP contribution in [-0.4, -0.2) is 33.3 Å². The lowest BCUT2D eigenvalue weighted by atomic mass is 9.93. The predicted octanol–water partition coefficient (Wildman–Crippen LogP) is 1.83. The number of hydrogen-bond donors (Lipinski definition) is 1. The molecule has 1 fully saturated rings. The van der Waals surface area contributed by atoms with Gasteiger partial charge in [-0.2, -0.15) is 0 Å². The van der Waals surface area contributed by atoms with Crippen molar-refractivity contribution in [1.29, 1.82) is 0 Å². The summed E-state index contributed by atoms with van der Waals surface area (Å²) in [6.07, 6.45) is 3.71. The van der Waals surface area contributed by atoms with E-state index in [4.69, 9.17) is 0 Å². The molecule has 0 aliphatic carbocycles. The molecule has 3 atom stereocenters. The van der Waals surface area contributed by atoms with E-state index in [-0.39, 0.29) is 5.54 Å². The van der Waals surface area contributed by atoms with Gasteiger partial charge in [-0.05, 0) is 43.5 Å². The quantitative estimate of drug-likeness (QED) is 0.901. The Bertz CT molecular complexity index is 451. The standard InChI is InChI=1S/C16H31N5/c1-7-16(5,6)21-15(17-18-19-21)14(12(2)3)20-10-8-9-13(4)11-20/h12-14H,7-11H2,1-6H3/p+1/t13-,14+/m0/s1. The van der Waals surface area contributed by atoms with Crippen molar-refractivity contribution in [2.75, 3.05) is 13.1 Å². The van der Waals surface area contributed by atoms with Gasteiger partial charge in [-0.25, -0.2) is 4.68 Å². The zero-order valence-corrected chi connectivity index (χ0v) is 14.6. The Labute approximate surface area is 129 Å². The van der Waals surface area contributed by atoms with E-state index in [2.05, 4.69) is 61.7 Å². The van der Waals surface area contributed by atoms with Gasteiger partial charge in [-0.3, -0.25) is 0 Å². The molecule has 0 amide bonds. The number of hydrogen-bond acceptors (Lipinski definition) is 3. The van der Waals surface area contributed by atoms with Crippen LogP contribution in [0, 0.1) is 11.8 Å². The number of piperidine rings is 1. The lowest BCUT2D eigenvalue weighted by Crippen LogP contribution is -3.14. The summed E-state index contributed by atoms with van der Waals surface area (Å²) in [5.74, 6) is 2.42. The molecule has 0 radical (unpaired) electrons. The molecule has 1 aliphatic heterocycles. The molecule has 1 saturated heterocycles. The molecule has 0 bridgehead atoms. The Morgan fingerprint density at radius 3 is 2.67 bits per heavy atom. The highest BCUT2D eigenvalue weighted by Gasteiger charge is 2.37. The lowest BCUT2D eigenvalue weighted by Gasteiger charge is -2.36. The van der Waals surface area contributed by atoms with Crippen molar-refractivity contribution in [3.05, 3.63) is 5.82 Å². The number of quaternary nitrogens is 1. The number of rotatable bonds is 5. The van der Waals surface area contributed by atoms with Gasteiger partial charge in [0.25, 0.3) is 0 Å². The third-order valence-electron chi connectivity index (χ3n) is 5.12. The normalized spacial score (nSPS) is 25.3. The number of nitrogens with one attached hydrogen (secondary N) is 1. The smallest absolute Gasteiger partial charge is 0.210 e. The van der Waals surface area contributed by atoms with Crippen LogP contribution < -0.4 is 4.90 Å². The molecule has 1 N–H and O–H groups in total. The zero-order chi connectivity index (χ0) is 15.6. The van der Waals surface area contributed by atoms with Crippen molar-refractivity contribution >= 4 is 0 Å². The molecule has 0 aromatic carbocycles. The molecule has 1 aromatic rings. The molecular formula is C16H32N5+. The van der Waals surface area contributed by atoms with Crippen LogP contribution in [0.4, 0.5) is 0 Å². The fraction of sp³-hybridized carbons (Fsp3) is 0.938. The van der Waals surface area contributed by atoms with Gasteiger partial charge < -0.3 is 4.90 Å². The monoisotopic (exact) mass is 294 g/mol.